The first-order chi connectivity index (χ1) is 33.6. The van der Waals surface area contributed by atoms with E-state index in [4.69, 9.17) is 16.8 Å². The molecule has 0 saturated heterocycles. The van der Waals surface area contributed by atoms with Crippen LogP contribution in [-0.4, -0.2) is 0 Å². The van der Waals surface area contributed by atoms with Gasteiger partial charge in [0, 0.05) is 32.7 Å². The molecule has 2 heterocycles. The molecule has 0 saturated carbocycles. The minimum Gasteiger partial charge on any atom is -0.416 e. The molecule has 6 heteroatoms. The van der Waals surface area contributed by atoms with Crippen LogP contribution >= 0.6 is 16.0 Å². The molecule has 4 nitrogen and oxygen atoms in total. The zero-order valence-corrected chi connectivity index (χ0v) is 38.9. The summed E-state index contributed by atoms with van der Waals surface area (Å²) in [6.07, 6.45) is 0. The molecule has 0 radical (unpaired) electrons. The van der Waals surface area contributed by atoms with Crippen molar-refractivity contribution in [2.45, 2.75) is 13.8 Å². The summed E-state index contributed by atoms with van der Waals surface area (Å²) in [5, 5.41) is 19.7. The van der Waals surface area contributed by atoms with Crippen LogP contribution in [0.3, 0.4) is 0 Å². The van der Waals surface area contributed by atoms with E-state index in [1.165, 1.54) is 0 Å². The average molecular weight is 911 g/mol. The van der Waals surface area contributed by atoms with Gasteiger partial charge in [0.2, 0.25) is 0 Å². The summed E-state index contributed by atoms with van der Waals surface area (Å²) >= 11 is 0. The van der Waals surface area contributed by atoms with E-state index in [9.17, 15) is 0 Å². The first-order valence-electron chi connectivity index (χ1n) is 23.0. The quantitative estimate of drug-likeness (QED) is 0.177. The predicted octanol–water partition coefficient (Wildman–Crippen LogP) is 20.1. The number of benzene rings is 12. The van der Waals surface area contributed by atoms with Gasteiger partial charge in [-0.25, -0.2) is 0 Å². The summed E-state index contributed by atoms with van der Waals surface area (Å²) in [5.41, 5.74) is 7.47. The van der Waals surface area contributed by atoms with Crippen molar-refractivity contribution in [1.82, 2.24) is 0 Å². The normalized spacial score (nSPS) is 12.0. The molecule has 2 aromatic heterocycles. The molecule has 0 aliphatic heterocycles. The van der Waals surface area contributed by atoms with Gasteiger partial charge in [-0.15, -0.1) is 0 Å². The van der Waals surface area contributed by atoms with E-state index in [0.29, 0.717) is 0 Å². The highest BCUT2D eigenvalue weighted by Crippen LogP contribution is 2.59. The molecular formula is C62H40O4P2. The van der Waals surface area contributed by atoms with Crippen molar-refractivity contribution in [3.05, 3.63) is 217 Å². The van der Waals surface area contributed by atoms with Gasteiger partial charge < -0.3 is 16.8 Å². The fourth-order valence-electron chi connectivity index (χ4n) is 10.8. The molecule has 0 spiro atoms. The SMILES string of the molecule is Cc1cc2ccccc2c(-c2c(-p3oc4ccc5ccccc5c4c4c(ccc5ccccc54)o3)c(C)cc3ccccc23)c1-p1oc2ccc3ccccc3c2c2c(ccc3ccccc32)o1. The zero-order chi connectivity index (χ0) is 45.0. The van der Waals surface area contributed by atoms with Crippen molar-refractivity contribution < 1.29 is 16.8 Å². The fourth-order valence-corrected chi connectivity index (χ4v) is 14.1. The smallest absolute Gasteiger partial charge is 0.253 e. The maximum Gasteiger partial charge on any atom is 0.253 e. The van der Waals surface area contributed by atoms with Crippen LogP contribution in [0.5, 0.6) is 0 Å². The molecular weight excluding hydrogens is 871 g/mol. The van der Waals surface area contributed by atoms with Crippen LogP contribution in [0.2, 0.25) is 0 Å². The van der Waals surface area contributed by atoms with Crippen LogP contribution in [-0.2, 0) is 0 Å². The molecule has 0 unspecified atom stereocenters. The van der Waals surface area contributed by atoms with Gasteiger partial charge in [0.15, 0.2) is 0 Å². The van der Waals surface area contributed by atoms with Gasteiger partial charge >= 0.3 is 0 Å². The van der Waals surface area contributed by atoms with Gasteiger partial charge in [-0.3, -0.25) is 0 Å². The monoisotopic (exact) mass is 910 g/mol. The minimum absolute atomic E-state index is 0.797. The van der Waals surface area contributed by atoms with Crippen LogP contribution in [0.25, 0.3) is 130 Å². The lowest BCUT2D eigenvalue weighted by Gasteiger charge is -2.20. The first kappa shape index (κ1) is 39.2. The maximum atomic E-state index is 7.48. The Labute approximate surface area is 392 Å². The fraction of sp³-hybridized carbons (Fsp3) is 0.0323. The van der Waals surface area contributed by atoms with E-state index >= 15 is 0 Å². The Hall–Kier alpha value is -8.00. The van der Waals surface area contributed by atoms with Crippen molar-refractivity contribution in [3.63, 3.8) is 0 Å². The summed E-state index contributed by atoms with van der Waals surface area (Å²) in [5.74, 6) is 0. The minimum atomic E-state index is -1.81. The highest BCUT2D eigenvalue weighted by atomic mass is 31.1. The molecule has 14 aromatic rings. The summed E-state index contributed by atoms with van der Waals surface area (Å²) in [6, 6.07) is 73.6. The molecule has 68 heavy (non-hydrogen) atoms. The maximum absolute atomic E-state index is 7.48. The summed E-state index contributed by atoms with van der Waals surface area (Å²) < 4.78 is 29.9. The number of hydrogen-bond acceptors (Lipinski definition) is 4. The standard InChI is InChI=1S/C62H40O4P2/c1-37-35-43-19-7-13-25-49(43)59(61(37)67-63-51-31-27-39-15-3-9-21-45(39)55(51)56-46-22-10-4-16-40(46)28-32-52(56)64-67)60-50-26-14-8-20-44(50)36-38(2)62(60)68-65-53-33-29-41-17-5-11-23-47(41)57(53)58-48-24-12-6-18-42(48)30-34-54(58)66-68/h3-36H,1-2H3. The largest absolute Gasteiger partial charge is 0.416 e. The molecule has 0 fully saturated rings. The molecule has 0 atom stereocenters. The lowest BCUT2D eigenvalue weighted by atomic mass is 9.91. The van der Waals surface area contributed by atoms with Gasteiger partial charge in [-0.05, 0) is 114 Å². The van der Waals surface area contributed by atoms with Gasteiger partial charge in [0.1, 0.15) is 22.3 Å². The van der Waals surface area contributed by atoms with Crippen LogP contribution < -0.4 is 0 Å². The average Bonchev–Trinajstić information content (AvgIpc) is 3.66. The van der Waals surface area contributed by atoms with Crippen LogP contribution in [0.15, 0.2) is 223 Å². The summed E-state index contributed by atoms with van der Waals surface area (Å²) in [6.45, 7) is 4.41. The van der Waals surface area contributed by atoms with E-state index in [1.807, 2.05) is 0 Å². The Bertz CT molecular complexity index is 4060. The summed E-state index contributed by atoms with van der Waals surface area (Å²) in [4.78, 5) is 0. The Kier molecular flexibility index (Phi) is 8.80. The molecule has 0 aliphatic rings. The van der Waals surface area contributed by atoms with Crippen LogP contribution in [0.1, 0.15) is 11.1 Å². The molecule has 0 amide bonds. The van der Waals surface area contributed by atoms with Gasteiger partial charge in [-0.2, -0.15) is 0 Å². The Morgan fingerprint density at radius 2 is 0.515 bits per heavy atom. The second kappa shape index (κ2) is 15.3. The van der Waals surface area contributed by atoms with E-state index in [-0.39, 0.29) is 0 Å². The molecule has 322 valence electrons. The second-order valence-electron chi connectivity index (χ2n) is 17.8. The Balaban J connectivity index is 1.18. The van der Waals surface area contributed by atoms with Crippen LogP contribution in [0, 0.1) is 13.8 Å². The van der Waals surface area contributed by atoms with Crippen molar-refractivity contribution in [3.8, 4) is 21.7 Å². The van der Waals surface area contributed by atoms with Crippen molar-refractivity contribution >= 4 is 125 Å². The molecule has 0 bridgehead atoms. The molecule has 14 rings (SSSR count). The van der Waals surface area contributed by atoms with Crippen molar-refractivity contribution in [2.75, 3.05) is 0 Å². The predicted molar refractivity (Wildman–Crippen MR) is 289 cm³/mol. The Morgan fingerprint density at radius 1 is 0.265 bits per heavy atom. The molecule has 12 aromatic carbocycles. The Morgan fingerprint density at radius 3 is 0.809 bits per heavy atom. The number of rotatable bonds is 3. The third kappa shape index (κ3) is 5.95. The number of fused-ring (bicyclic) bond motifs is 16. The first-order valence-corrected chi connectivity index (χ1v) is 25.4. The molecule has 0 aliphatic carbocycles. The van der Waals surface area contributed by atoms with Gasteiger partial charge in [0.25, 0.3) is 16.0 Å². The zero-order valence-electron chi connectivity index (χ0n) is 37.2. The lowest BCUT2D eigenvalue weighted by Crippen LogP contribution is -1.93. The summed E-state index contributed by atoms with van der Waals surface area (Å²) in [7, 11) is -3.63. The third-order valence-electron chi connectivity index (χ3n) is 13.8. The third-order valence-corrected chi connectivity index (χ3v) is 17.2. The van der Waals surface area contributed by atoms with E-state index in [1.54, 1.807) is 0 Å². The van der Waals surface area contributed by atoms with E-state index in [0.717, 1.165) is 141 Å². The van der Waals surface area contributed by atoms with Gasteiger partial charge in [0.05, 0.1) is 10.6 Å². The van der Waals surface area contributed by atoms with E-state index in [2.05, 4.69) is 220 Å². The lowest BCUT2D eigenvalue weighted by molar-refractivity contribution is 0.649. The van der Waals surface area contributed by atoms with Gasteiger partial charge in [-0.1, -0.05) is 182 Å². The van der Waals surface area contributed by atoms with Crippen LogP contribution in [0.4, 0.5) is 0 Å². The van der Waals surface area contributed by atoms with E-state index < -0.39 is 16.0 Å². The molecule has 0 N–H and O–H groups in total. The highest BCUT2D eigenvalue weighted by molar-refractivity contribution is 7.47. The second-order valence-corrected chi connectivity index (χ2v) is 20.4. The number of aryl methyl sites for hydroxylation is 2. The topological polar surface area (TPSA) is 52.6 Å². The van der Waals surface area contributed by atoms with Crippen molar-refractivity contribution in [1.29, 1.82) is 0 Å². The van der Waals surface area contributed by atoms with Crippen molar-refractivity contribution in [2.24, 2.45) is 0 Å². The highest BCUT2D eigenvalue weighted by Gasteiger charge is 2.28. The number of hydrogen-bond donors (Lipinski definition) is 0.